The molecule has 3 rings (SSSR count). The number of nitrogens with zero attached hydrogens (tertiary/aromatic N) is 3. The van der Waals surface area contributed by atoms with Gasteiger partial charge in [-0.25, -0.2) is 0 Å². The molecule has 1 atom stereocenters. The molecule has 2 aromatic rings. The van der Waals surface area contributed by atoms with Gasteiger partial charge in [0.05, 0.1) is 26.0 Å². The number of unbranched alkanes of at least 4 members (excludes halogenated alkanes) is 1. The predicted molar refractivity (Wildman–Crippen MR) is 98.2 cm³/mol. The lowest BCUT2D eigenvalue weighted by Gasteiger charge is -2.17. The van der Waals surface area contributed by atoms with Crippen molar-refractivity contribution >= 4 is 5.91 Å². The number of rotatable bonds is 8. The fraction of sp³-hybridized carbons (Fsp3) is 0.450. The lowest BCUT2D eigenvalue weighted by atomic mass is 10.1. The summed E-state index contributed by atoms with van der Waals surface area (Å²) in [5, 5.41) is 0. The predicted octanol–water partition coefficient (Wildman–Crippen LogP) is 2.88. The Balaban J connectivity index is 1.38. The summed E-state index contributed by atoms with van der Waals surface area (Å²) >= 11 is 0. The summed E-state index contributed by atoms with van der Waals surface area (Å²) in [6.07, 6.45) is 7.44. The third-order valence-electron chi connectivity index (χ3n) is 4.53. The van der Waals surface area contributed by atoms with Gasteiger partial charge in [0.2, 0.25) is 17.7 Å². The van der Waals surface area contributed by atoms with Crippen LogP contribution < -0.4 is 9.47 Å². The molecule has 1 amide bonds. The molecule has 0 spiro atoms. The minimum atomic E-state index is -0.0373. The Morgan fingerprint density at radius 2 is 2.00 bits per heavy atom. The van der Waals surface area contributed by atoms with Crippen LogP contribution in [0.5, 0.6) is 11.8 Å². The smallest absolute Gasteiger partial charge is 0.235 e. The molecule has 1 unspecified atom stereocenters. The first-order valence-electron chi connectivity index (χ1n) is 9.09. The molecular weight excluding hydrogens is 330 g/mol. The number of hydrogen-bond donors (Lipinski definition) is 0. The van der Waals surface area contributed by atoms with Gasteiger partial charge in [-0.15, -0.1) is 0 Å². The first-order chi connectivity index (χ1) is 12.7. The Bertz CT molecular complexity index is 708. The molecular formula is C20H25N3O3. The molecule has 0 bridgehead atoms. The van der Waals surface area contributed by atoms with E-state index < -0.39 is 0 Å². The number of carbonyl (C=O) groups is 1. The lowest BCUT2D eigenvalue weighted by Crippen LogP contribution is -2.30. The molecule has 1 aromatic carbocycles. The van der Waals surface area contributed by atoms with E-state index in [2.05, 4.69) is 34.2 Å². The number of methoxy groups -OCH3 is 1. The molecule has 1 aliphatic rings. The van der Waals surface area contributed by atoms with Crippen molar-refractivity contribution < 1.29 is 14.3 Å². The number of likely N-dealkylation sites (tertiary alicyclic amines) is 1. The van der Waals surface area contributed by atoms with E-state index in [0.29, 0.717) is 24.7 Å². The normalized spacial score (nSPS) is 16.5. The minimum absolute atomic E-state index is 0.0373. The number of ether oxygens (including phenoxy) is 2. The van der Waals surface area contributed by atoms with Gasteiger partial charge in [-0.2, -0.15) is 4.98 Å². The average Bonchev–Trinajstić information content (AvgIpc) is 3.14. The van der Waals surface area contributed by atoms with E-state index in [1.807, 2.05) is 11.0 Å². The summed E-state index contributed by atoms with van der Waals surface area (Å²) in [6, 6.07) is 10.4. The molecule has 0 N–H and O–H groups in total. The largest absolute Gasteiger partial charge is 0.480 e. The molecule has 1 aliphatic heterocycles. The van der Waals surface area contributed by atoms with Gasteiger partial charge in [-0.05, 0) is 24.8 Å². The van der Waals surface area contributed by atoms with Gasteiger partial charge in [-0.1, -0.05) is 30.3 Å². The van der Waals surface area contributed by atoms with Crippen molar-refractivity contribution in [2.45, 2.75) is 38.2 Å². The number of aromatic nitrogens is 2. The van der Waals surface area contributed by atoms with E-state index in [-0.39, 0.29) is 12.0 Å². The molecule has 6 nitrogen and oxygen atoms in total. The van der Waals surface area contributed by atoms with Crippen molar-refractivity contribution in [3.05, 3.63) is 48.3 Å². The maximum absolute atomic E-state index is 12.4. The first-order valence-corrected chi connectivity index (χ1v) is 9.09. The summed E-state index contributed by atoms with van der Waals surface area (Å²) in [5.74, 6) is 1.07. The van der Waals surface area contributed by atoms with Crippen LogP contribution in [0.15, 0.2) is 42.7 Å². The Hall–Kier alpha value is -2.63. The Morgan fingerprint density at radius 3 is 2.81 bits per heavy atom. The molecule has 1 saturated heterocycles. The third kappa shape index (κ3) is 5.18. The van der Waals surface area contributed by atoms with Gasteiger partial charge in [0.15, 0.2) is 0 Å². The van der Waals surface area contributed by atoms with Gasteiger partial charge >= 0.3 is 0 Å². The number of carbonyl (C=O) groups excluding carboxylic acids is 1. The van der Waals surface area contributed by atoms with Crippen LogP contribution in [0.3, 0.4) is 0 Å². The highest BCUT2D eigenvalue weighted by atomic mass is 16.5. The first kappa shape index (κ1) is 18.2. The summed E-state index contributed by atoms with van der Waals surface area (Å²) in [5.41, 5.74) is 1.33. The number of amides is 1. The molecule has 0 saturated carbocycles. The van der Waals surface area contributed by atoms with Crippen LogP contribution >= 0.6 is 0 Å². The van der Waals surface area contributed by atoms with E-state index in [1.165, 1.54) is 11.8 Å². The van der Waals surface area contributed by atoms with Crippen LogP contribution in [0.25, 0.3) is 0 Å². The maximum Gasteiger partial charge on any atom is 0.235 e. The monoisotopic (exact) mass is 355 g/mol. The number of aryl methyl sites for hydroxylation is 1. The van der Waals surface area contributed by atoms with Crippen LogP contribution in [-0.4, -0.2) is 47.1 Å². The molecule has 2 heterocycles. The van der Waals surface area contributed by atoms with Crippen molar-refractivity contribution in [2.24, 2.45) is 0 Å². The van der Waals surface area contributed by atoms with Crippen LogP contribution in [0.4, 0.5) is 0 Å². The van der Waals surface area contributed by atoms with E-state index in [9.17, 15) is 4.79 Å². The Labute approximate surface area is 154 Å². The van der Waals surface area contributed by atoms with E-state index in [1.54, 1.807) is 13.3 Å². The summed E-state index contributed by atoms with van der Waals surface area (Å²) in [6.45, 7) is 1.34. The van der Waals surface area contributed by atoms with E-state index in [0.717, 1.165) is 32.2 Å². The summed E-state index contributed by atoms with van der Waals surface area (Å²) < 4.78 is 10.9. The Kier molecular flexibility index (Phi) is 6.41. The van der Waals surface area contributed by atoms with Crippen molar-refractivity contribution in [3.63, 3.8) is 0 Å². The van der Waals surface area contributed by atoms with Crippen molar-refractivity contribution in [1.82, 2.24) is 14.9 Å². The minimum Gasteiger partial charge on any atom is -0.480 e. The highest BCUT2D eigenvalue weighted by Gasteiger charge is 2.27. The molecule has 1 fully saturated rings. The van der Waals surface area contributed by atoms with E-state index >= 15 is 0 Å². The van der Waals surface area contributed by atoms with Crippen LogP contribution in [0.1, 0.15) is 31.2 Å². The second-order valence-electron chi connectivity index (χ2n) is 6.46. The molecule has 0 aliphatic carbocycles. The SMILES string of the molecule is COc1cncc(OC2CCN(C(=O)CCCCc3ccccc3)C2)n1. The zero-order valence-electron chi connectivity index (χ0n) is 15.1. The zero-order chi connectivity index (χ0) is 18.2. The fourth-order valence-corrected chi connectivity index (χ4v) is 3.12. The topological polar surface area (TPSA) is 64.6 Å². The van der Waals surface area contributed by atoms with Gasteiger partial charge in [0, 0.05) is 19.4 Å². The fourth-order valence-electron chi connectivity index (χ4n) is 3.12. The second-order valence-corrected chi connectivity index (χ2v) is 6.46. The molecule has 6 heteroatoms. The molecule has 1 aromatic heterocycles. The van der Waals surface area contributed by atoms with Crippen molar-refractivity contribution in [2.75, 3.05) is 20.2 Å². The Morgan fingerprint density at radius 1 is 1.19 bits per heavy atom. The molecule has 138 valence electrons. The maximum atomic E-state index is 12.4. The van der Waals surface area contributed by atoms with Crippen LogP contribution in [0, 0.1) is 0 Å². The van der Waals surface area contributed by atoms with E-state index in [4.69, 9.17) is 9.47 Å². The zero-order valence-corrected chi connectivity index (χ0v) is 15.1. The summed E-state index contributed by atoms with van der Waals surface area (Å²) in [4.78, 5) is 22.5. The number of benzene rings is 1. The lowest BCUT2D eigenvalue weighted by molar-refractivity contribution is -0.130. The highest BCUT2D eigenvalue weighted by Crippen LogP contribution is 2.19. The standard InChI is InChI=1S/C20H25N3O3/c1-25-18-13-21-14-19(22-18)26-17-11-12-23(15-17)20(24)10-6-5-9-16-7-3-2-4-8-16/h2-4,7-8,13-14,17H,5-6,9-12,15H2,1H3. The van der Waals surface area contributed by atoms with Gasteiger partial charge in [0.25, 0.3) is 0 Å². The van der Waals surface area contributed by atoms with Crippen LogP contribution in [-0.2, 0) is 11.2 Å². The summed E-state index contributed by atoms with van der Waals surface area (Å²) in [7, 11) is 1.54. The third-order valence-corrected chi connectivity index (χ3v) is 4.53. The van der Waals surface area contributed by atoms with Gasteiger partial charge in [0.1, 0.15) is 6.10 Å². The number of hydrogen-bond acceptors (Lipinski definition) is 5. The molecule has 0 radical (unpaired) electrons. The molecule has 26 heavy (non-hydrogen) atoms. The highest BCUT2D eigenvalue weighted by molar-refractivity contribution is 5.76. The van der Waals surface area contributed by atoms with Crippen molar-refractivity contribution in [1.29, 1.82) is 0 Å². The van der Waals surface area contributed by atoms with Gasteiger partial charge < -0.3 is 14.4 Å². The second kappa shape index (κ2) is 9.17. The van der Waals surface area contributed by atoms with Crippen molar-refractivity contribution in [3.8, 4) is 11.8 Å². The van der Waals surface area contributed by atoms with Gasteiger partial charge in [-0.3, -0.25) is 9.78 Å². The average molecular weight is 355 g/mol. The van der Waals surface area contributed by atoms with Crippen LogP contribution in [0.2, 0.25) is 0 Å². The quantitative estimate of drug-likeness (QED) is 0.681.